The molecule has 5 nitrogen and oxygen atoms in total. The van der Waals surface area contributed by atoms with Crippen LogP contribution in [0.3, 0.4) is 0 Å². The Hall–Kier alpha value is -2.43. The molecule has 0 saturated carbocycles. The predicted octanol–water partition coefficient (Wildman–Crippen LogP) is 3.00. The average molecular weight is 327 g/mol. The molecule has 0 aromatic carbocycles. The summed E-state index contributed by atoms with van der Waals surface area (Å²) >= 11 is 0. The minimum Gasteiger partial charge on any atom is -0.354 e. The van der Waals surface area contributed by atoms with Crippen LogP contribution < -0.4 is 10.7 Å². The van der Waals surface area contributed by atoms with Crippen LogP contribution >= 0.6 is 0 Å². The highest BCUT2D eigenvalue weighted by atomic mass is 16.2. The van der Waals surface area contributed by atoms with Crippen molar-refractivity contribution in [1.82, 2.24) is 14.9 Å². The molecule has 0 aliphatic heterocycles. The van der Waals surface area contributed by atoms with Crippen molar-refractivity contribution in [1.29, 1.82) is 0 Å². The fourth-order valence-electron chi connectivity index (χ4n) is 2.58. The lowest BCUT2D eigenvalue weighted by Crippen LogP contribution is -2.34. The van der Waals surface area contributed by atoms with Gasteiger partial charge in [0.15, 0.2) is 5.43 Å². The SMILES string of the molecule is Cc1cc(=O)c(C(=O)NC(CC(C)(C)C)c2cccnc2)cn1C. The van der Waals surface area contributed by atoms with Crippen molar-refractivity contribution >= 4 is 5.91 Å². The standard InChI is InChI=1S/C19H25N3O2/c1-13-9-17(23)15(12-22(13)5)18(24)21-16(10-19(2,3)4)14-7-6-8-20-11-14/h6-9,11-12,16H,10H2,1-5H3,(H,21,24). The summed E-state index contributed by atoms with van der Waals surface area (Å²) in [6.45, 7) is 8.19. The number of hydrogen-bond donors (Lipinski definition) is 1. The minimum atomic E-state index is -0.353. The summed E-state index contributed by atoms with van der Waals surface area (Å²) in [5.41, 5.74) is 1.67. The molecule has 1 N–H and O–H groups in total. The van der Waals surface area contributed by atoms with Gasteiger partial charge < -0.3 is 9.88 Å². The number of nitrogens with zero attached hydrogens (tertiary/aromatic N) is 2. The van der Waals surface area contributed by atoms with E-state index in [1.54, 1.807) is 23.2 Å². The van der Waals surface area contributed by atoms with Crippen LogP contribution in [0.5, 0.6) is 0 Å². The van der Waals surface area contributed by atoms with Crippen LogP contribution in [0.1, 0.15) is 54.8 Å². The Morgan fingerprint density at radius 3 is 2.67 bits per heavy atom. The number of carbonyl (C=O) groups is 1. The Morgan fingerprint density at radius 2 is 2.08 bits per heavy atom. The normalized spacial score (nSPS) is 12.7. The first-order chi connectivity index (χ1) is 11.2. The lowest BCUT2D eigenvalue weighted by Gasteiger charge is -2.27. The summed E-state index contributed by atoms with van der Waals surface area (Å²) in [5, 5.41) is 3.00. The Labute approximate surface area is 142 Å². The largest absolute Gasteiger partial charge is 0.354 e. The van der Waals surface area contributed by atoms with Gasteiger partial charge in [0.05, 0.1) is 6.04 Å². The van der Waals surface area contributed by atoms with E-state index in [0.29, 0.717) is 0 Å². The van der Waals surface area contributed by atoms with Crippen LogP contribution in [0, 0.1) is 12.3 Å². The number of carbonyl (C=O) groups excluding carboxylic acids is 1. The van der Waals surface area contributed by atoms with E-state index in [2.05, 4.69) is 31.1 Å². The van der Waals surface area contributed by atoms with Crippen LogP contribution in [0.15, 0.2) is 41.6 Å². The predicted molar refractivity (Wildman–Crippen MR) is 94.9 cm³/mol. The lowest BCUT2D eigenvalue weighted by molar-refractivity contribution is 0.0924. The Balaban J connectivity index is 2.31. The molecule has 128 valence electrons. The van der Waals surface area contributed by atoms with E-state index in [1.807, 2.05) is 26.1 Å². The van der Waals surface area contributed by atoms with Crippen LogP contribution in [-0.2, 0) is 7.05 Å². The molecule has 0 spiro atoms. The van der Waals surface area contributed by atoms with E-state index < -0.39 is 0 Å². The zero-order valence-corrected chi connectivity index (χ0v) is 15.0. The van der Waals surface area contributed by atoms with E-state index in [1.165, 1.54) is 6.07 Å². The van der Waals surface area contributed by atoms with Gasteiger partial charge in [-0.2, -0.15) is 0 Å². The monoisotopic (exact) mass is 327 g/mol. The van der Waals surface area contributed by atoms with Crippen molar-refractivity contribution in [2.75, 3.05) is 0 Å². The summed E-state index contributed by atoms with van der Waals surface area (Å²) in [5.74, 6) is -0.353. The van der Waals surface area contributed by atoms with Gasteiger partial charge in [-0.15, -0.1) is 0 Å². The molecule has 0 fully saturated rings. The Morgan fingerprint density at radius 1 is 1.38 bits per heavy atom. The lowest BCUT2D eigenvalue weighted by atomic mass is 9.85. The zero-order chi connectivity index (χ0) is 17.9. The highest BCUT2D eigenvalue weighted by Gasteiger charge is 2.23. The Kier molecular flexibility index (Phi) is 5.22. The molecule has 1 atom stereocenters. The van der Waals surface area contributed by atoms with Crippen molar-refractivity contribution < 1.29 is 4.79 Å². The van der Waals surface area contributed by atoms with Gasteiger partial charge in [0, 0.05) is 37.4 Å². The maximum absolute atomic E-state index is 12.7. The first-order valence-corrected chi connectivity index (χ1v) is 8.05. The minimum absolute atomic E-state index is 0.0199. The number of hydrogen-bond acceptors (Lipinski definition) is 3. The van der Waals surface area contributed by atoms with E-state index in [0.717, 1.165) is 17.7 Å². The molecule has 2 heterocycles. The van der Waals surface area contributed by atoms with Crippen molar-refractivity contribution in [2.45, 2.75) is 40.2 Å². The summed E-state index contributed by atoms with van der Waals surface area (Å²) < 4.78 is 1.78. The number of amides is 1. The summed E-state index contributed by atoms with van der Waals surface area (Å²) in [7, 11) is 1.82. The molecule has 2 aromatic heterocycles. The zero-order valence-electron chi connectivity index (χ0n) is 15.0. The van der Waals surface area contributed by atoms with Crippen LogP contribution in [-0.4, -0.2) is 15.5 Å². The van der Waals surface area contributed by atoms with Crippen molar-refractivity contribution in [2.24, 2.45) is 12.5 Å². The third-order valence-electron chi connectivity index (χ3n) is 3.94. The van der Waals surface area contributed by atoms with Gasteiger partial charge in [-0.3, -0.25) is 14.6 Å². The molecular formula is C19H25N3O2. The van der Waals surface area contributed by atoms with Crippen LogP contribution in [0.4, 0.5) is 0 Å². The molecule has 1 amide bonds. The first kappa shape index (κ1) is 17.9. The second-order valence-corrected chi connectivity index (χ2v) is 7.38. The van der Waals surface area contributed by atoms with E-state index in [9.17, 15) is 9.59 Å². The molecule has 1 unspecified atom stereocenters. The van der Waals surface area contributed by atoms with Crippen molar-refractivity contribution in [3.8, 4) is 0 Å². The number of nitrogens with one attached hydrogen (secondary N) is 1. The van der Waals surface area contributed by atoms with Crippen LogP contribution in [0.2, 0.25) is 0 Å². The Bertz CT molecular complexity index is 773. The fourth-order valence-corrected chi connectivity index (χ4v) is 2.58. The van der Waals surface area contributed by atoms with Gasteiger partial charge in [-0.1, -0.05) is 26.8 Å². The molecule has 2 rings (SSSR count). The van der Waals surface area contributed by atoms with Crippen molar-refractivity contribution in [3.05, 3.63) is 63.8 Å². The maximum atomic E-state index is 12.7. The van der Waals surface area contributed by atoms with Gasteiger partial charge in [0.2, 0.25) is 0 Å². The third-order valence-corrected chi connectivity index (χ3v) is 3.94. The number of aryl methyl sites for hydroxylation is 2. The van der Waals surface area contributed by atoms with Crippen molar-refractivity contribution in [3.63, 3.8) is 0 Å². The summed E-state index contributed by atoms with van der Waals surface area (Å²) in [4.78, 5) is 28.9. The smallest absolute Gasteiger partial charge is 0.257 e. The average Bonchev–Trinajstić information content (AvgIpc) is 2.49. The maximum Gasteiger partial charge on any atom is 0.257 e. The quantitative estimate of drug-likeness (QED) is 0.939. The van der Waals surface area contributed by atoms with Gasteiger partial charge in [-0.05, 0) is 30.4 Å². The molecule has 5 heteroatoms. The molecule has 24 heavy (non-hydrogen) atoms. The molecule has 0 aliphatic rings. The van der Waals surface area contributed by atoms with E-state index in [-0.39, 0.29) is 28.4 Å². The molecule has 0 saturated heterocycles. The molecule has 0 radical (unpaired) electrons. The molecule has 0 aliphatic carbocycles. The van der Waals surface area contributed by atoms with Crippen LogP contribution in [0.25, 0.3) is 0 Å². The topological polar surface area (TPSA) is 64.0 Å². The third kappa shape index (κ3) is 4.54. The second-order valence-electron chi connectivity index (χ2n) is 7.38. The molecular weight excluding hydrogens is 302 g/mol. The van der Waals surface area contributed by atoms with Gasteiger partial charge >= 0.3 is 0 Å². The summed E-state index contributed by atoms with van der Waals surface area (Å²) in [6.07, 6.45) is 5.79. The number of pyridine rings is 2. The highest BCUT2D eigenvalue weighted by Crippen LogP contribution is 2.29. The molecule has 2 aromatic rings. The van der Waals surface area contributed by atoms with Gasteiger partial charge in [0.25, 0.3) is 5.91 Å². The van der Waals surface area contributed by atoms with E-state index >= 15 is 0 Å². The molecule has 0 bridgehead atoms. The second kappa shape index (κ2) is 6.99. The van der Waals surface area contributed by atoms with E-state index in [4.69, 9.17) is 0 Å². The highest BCUT2D eigenvalue weighted by molar-refractivity contribution is 5.94. The van der Waals surface area contributed by atoms with Gasteiger partial charge in [0.1, 0.15) is 5.56 Å². The van der Waals surface area contributed by atoms with Gasteiger partial charge in [-0.25, -0.2) is 0 Å². The number of aromatic nitrogens is 2. The number of rotatable bonds is 4. The first-order valence-electron chi connectivity index (χ1n) is 8.05. The fraction of sp³-hybridized carbons (Fsp3) is 0.421. The summed E-state index contributed by atoms with van der Waals surface area (Å²) in [6, 6.07) is 5.08.